The highest BCUT2D eigenvalue weighted by atomic mass is 35.5. The summed E-state index contributed by atoms with van der Waals surface area (Å²) in [6, 6.07) is -0.415. The number of hydrogen-bond acceptors (Lipinski definition) is 6. The van der Waals surface area contributed by atoms with E-state index >= 15 is 0 Å². The van der Waals surface area contributed by atoms with Crippen LogP contribution in [0, 0.1) is 0 Å². The van der Waals surface area contributed by atoms with Crippen LogP contribution in [0.2, 0.25) is 0 Å². The first-order valence-corrected chi connectivity index (χ1v) is 7.96. The summed E-state index contributed by atoms with van der Waals surface area (Å²) in [5.41, 5.74) is -6.41. The van der Waals surface area contributed by atoms with E-state index in [9.17, 15) is 31.5 Å². The van der Waals surface area contributed by atoms with Crippen molar-refractivity contribution in [3.8, 4) is 0 Å². The fraction of sp³-hybridized carbons (Fsp3) is 0.533. The second-order valence-corrected chi connectivity index (χ2v) is 6.09. The Morgan fingerprint density at radius 1 is 1.19 bits per heavy atom. The largest absolute Gasteiger partial charge is 0.465 e. The zero-order chi connectivity index (χ0) is 20.7. The highest BCUT2D eigenvalue weighted by Crippen LogP contribution is 2.46. The van der Waals surface area contributed by atoms with Crippen molar-refractivity contribution in [3.05, 3.63) is 22.5 Å². The Balaban J connectivity index is 3.00. The van der Waals surface area contributed by atoms with Crippen LogP contribution in [0.25, 0.3) is 0 Å². The van der Waals surface area contributed by atoms with Crippen LogP contribution in [0.1, 0.15) is 46.0 Å². The summed E-state index contributed by atoms with van der Waals surface area (Å²) < 4.78 is 77.2. The Labute approximate surface area is 155 Å². The molecule has 1 unspecified atom stereocenters. The van der Waals surface area contributed by atoms with Crippen molar-refractivity contribution >= 4 is 29.2 Å². The van der Waals surface area contributed by atoms with Gasteiger partial charge in [0.2, 0.25) is 0 Å². The molecule has 0 aromatic carbocycles. The van der Waals surface area contributed by atoms with Crippen LogP contribution >= 0.6 is 11.6 Å². The third kappa shape index (κ3) is 4.07. The van der Waals surface area contributed by atoms with Gasteiger partial charge in [-0.25, -0.2) is 14.6 Å². The molecule has 0 saturated carbocycles. The van der Waals surface area contributed by atoms with E-state index in [0.29, 0.717) is 0 Å². The van der Waals surface area contributed by atoms with Crippen LogP contribution in [0.15, 0.2) is 0 Å². The van der Waals surface area contributed by atoms with Crippen LogP contribution in [0.4, 0.5) is 27.6 Å². The smallest absolute Gasteiger partial charge is 0.434 e. The van der Waals surface area contributed by atoms with Crippen LogP contribution in [-0.2, 0) is 21.0 Å². The van der Waals surface area contributed by atoms with Gasteiger partial charge in [-0.05, 0) is 25.4 Å². The number of esters is 2. The summed E-state index contributed by atoms with van der Waals surface area (Å²) in [6.07, 6.45) is -5.29. The third-order valence-electron chi connectivity index (χ3n) is 3.72. The molecule has 0 amide bonds. The molecule has 1 fully saturated rings. The second kappa shape index (κ2) is 7.10. The van der Waals surface area contributed by atoms with Crippen LogP contribution in [0.3, 0.4) is 0 Å². The number of carbonyl (C=O) groups is 2. The molecule has 2 heterocycles. The first-order chi connectivity index (χ1) is 12.3. The molecule has 150 valence electrons. The van der Waals surface area contributed by atoms with Crippen molar-refractivity contribution in [3.63, 3.8) is 0 Å². The summed E-state index contributed by atoms with van der Waals surface area (Å²) in [7, 11) is 0.843. The molecule has 1 atom stereocenters. The van der Waals surface area contributed by atoms with Gasteiger partial charge in [0.1, 0.15) is 16.8 Å². The molecule has 12 heteroatoms. The number of rotatable bonds is 5. The minimum Gasteiger partial charge on any atom is -0.465 e. The average molecular weight is 417 g/mol. The third-order valence-corrected chi connectivity index (χ3v) is 3.90. The van der Waals surface area contributed by atoms with E-state index in [1.54, 1.807) is 6.92 Å². The predicted molar refractivity (Wildman–Crippen MR) is 83.1 cm³/mol. The molecular formula is C15H14ClF5N2O4. The van der Waals surface area contributed by atoms with Crippen LogP contribution < -0.4 is 4.90 Å². The number of methoxy groups -OCH3 is 1. The van der Waals surface area contributed by atoms with Gasteiger partial charge in [0, 0.05) is 12.6 Å². The summed E-state index contributed by atoms with van der Waals surface area (Å²) in [4.78, 5) is 28.4. The van der Waals surface area contributed by atoms with Gasteiger partial charge >= 0.3 is 23.5 Å². The van der Waals surface area contributed by atoms with Crippen molar-refractivity contribution in [1.82, 2.24) is 4.98 Å². The molecule has 1 saturated heterocycles. The van der Waals surface area contributed by atoms with E-state index in [0.717, 1.165) is 12.0 Å². The maximum Gasteiger partial charge on any atom is 0.434 e. The second-order valence-electron chi connectivity index (χ2n) is 5.62. The standard InChI is InChI=1S/C15H14ClF5N2O4/c1-4-27-13(25)8-9(23-5-6(23)2)7(12(24)26-3)10(14(16,17)18)22-11(8)15(19,20)21/h6H,4-5H2,1-3H3. The Morgan fingerprint density at radius 3 is 2.07 bits per heavy atom. The van der Waals surface area contributed by atoms with Crippen molar-refractivity contribution in [2.45, 2.75) is 31.4 Å². The minimum atomic E-state index is -5.29. The average Bonchev–Trinajstić information content (AvgIpc) is 3.26. The first kappa shape index (κ1) is 21.1. The number of hydrogen-bond donors (Lipinski definition) is 0. The lowest BCUT2D eigenvalue weighted by atomic mass is 10.0. The number of anilines is 1. The predicted octanol–water partition coefficient (Wildman–Crippen LogP) is 3.56. The van der Waals surface area contributed by atoms with Gasteiger partial charge in [0.15, 0.2) is 5.69 Å². The number of halogens is 6. The summed E-state index contributed by atoms with van der Waals surface area (Å²) >= 11 is 4.91. The van der Waals surface area contributed by atoms with E-state index in [2.05, 4.69) is 14.5 Å². The quantitative estimate of drug-likeness (QED) is 0.316. The molecule has 2 rings (SSSR count). The van der Waals surface area contributed by atoms with Crippen molar-refractivity contribution in [2.24, 2.45) is 0 Å². The van der Waals surface area contributed by atoms with Gasteiger partial charge in [-0.2, -0.15) is 22.0 Å². The lowest BCUT2D eigenvalue weighted by molar-refractivity contribution is -0.142. The maximum absolute atomic E-state index is 13.8. The number of aromatic nitrogens is 1. The number of alkyl halides is 6. The molecule has 0 spiro atoms. The van der Waals surface area contributed by atoms with Crippen molar-refractivity contribution in [2.75, 3.05) is 25.2 Å². The van der Waals surface area contributed by atoms with Gasteiger partial charge in [-0.15, -0.1) is 0 Å². The van der Waals surface area contributed by atoms with E-state index in [1.807, 2.05) is 0 Å². The molecule has 6 nitrogen and oxygen atoms in total. The number of carbonyl (C=O) groups excluding carboxylic acids is 2. The Bertz CT molecular complexity index is 779. The van der Waals surface area contributed by atoms with Crippen molar-refractivity contribution in [1.29, 1.82) is 0 Å². The van der Waals surface area contributed by atoms with Gasteiger partial charge in [-0.1, -0.05) is 0 Å². The highest BCUT2D eigenvalue weighted by Gasteiger charge is 2.49. The lowest BCUT2D eigenvalue weighted by Crippen LogP contribution is -2.27. The fourth-order valence-corrected chi connectivity index (χ4v) is 2.65. The van der Waals surface area contributed by atoms with E-state index in [1.165, 1.54) is 6.92 Å². The topological polar surface area (TPSA) is 68.5 Å². The first-order valence-electron chi connectivity index (χ1n) is 7.59. The van der Waals surface area contributed by atoms with Gasteiger partial charge < -0.3 is 14.4 Å². The molecular weight excluding hydrogens is 403 g/mol. The summed E-state index contributed by atoms with van der Waals surface area (Å²) in [5, 5.41) is -4.43. The zero-order valence-corrected chi connectivity index (χ0v) is 15.0. The molecule has 1 aromatic heterocycles. The van der Waals surface area contributed by atoms with E-state index < -0.39 is 57.7 Å². The molecule has 0 N–H and O–H groups in total. The summed E-state index contributed by atoms with van der Waals surface area (Å²) in [6.45, 7) is 2.74. The van der Waals surface area contributed by atoms with Gasteiger partial charge in [-0.3, -0.25) is 0 Å². The molecule has 0 radical (unpaired) electrons. The maximum atomic E-state index is 13.8. The number of pyridine rings is 1. The number of nitrogens with zero attached hydrogens (tertiary/aromatic N) is 2. The van der Waals surface area contributed by atoms with Crippen LogP contribution in [0.5, 0.6) is 0 Å². The molecule has 1 aromatic rings. The Kier molecular flexibility index (Phi) is 5.56. The molecule has 1 aliphatic rings. The van der Waals surface area contributed by atoms with Crippen molar-refractivity contribution < 1.29 is 41.0 Å². The lowest BCUT2D eigenvalue weighted by Gasteiger charge is -2.23. The molecule has 1 aliphatic heterocycles. The Morgan fingerprint density at radius 2 is 1.70 bits per heavy atom. The van der Waals surface area contributed by atoms with Gasteiger partial charge in [0.05, 0.1) is 19.4 Å². The van der Waals surface area contributed by atoms with E-state index in [-0.39, 0.29) is 13.2 Å². The molecule has 27 heavy (non-hydrogen) atoms. The fourth-order valence-electron chi connectivity index (χ4n) is 2.51. The minimum absolute atomic E-state index is 0.116. The highest BCUT2D eigenvalue weighted by molar-refractivity contribution is 6.22. The molecule has 0 bridgehead atoms. The Hall–Kier alpha value is -2.17. The SMILES string of the molecule is CCOC(=O)c1c(C(F)(F)F)nc(C(F)(F)Cl)c(C(=O)OC)c1N1CC1C. The zero-order valence-electron chi connectivity index (χ0n) is 14.3. The summed E-state index contributed by atoms with van der Waals surface area (Å²) in [5.74, 6) is -2.87. The van der Waals surface area contributed by atoms with Gasteiger partial charge in [0.25, 0.3) is 0 Å². The van der Waals surface area contributed by atoms with E-state index in [4.69, 9.17) is 11.6 Å². The normalized spacial score (nSPS) is 16.9. The monoisotopic (exact) mass is 416 g/mol. The van der Waals surface area contributed by atoms with Crippen LogP contribution in [-0.4, -0.2) is 43.2 Å². The molecule has 0 aliphatic carbocycles. The number of ether oxygens (including phenoxy) is 2.